The number of hydrogen-bond donors (Lipinski definition) is 1. The molecule has 2 aromatic heterocycles. The molecular formula is C17H24N2O6S. The van der Waals surface area contributed by atoms with Crippen molar-refractivity contribution in [1.29, 1.82) is 0 Å². The third-order valence-electron chi connectivity index (χ3n) is 3.48. The number of hydrogen-bond acceptors (Lipinski definition) is 7. The summed E-state index contributed by atoms with van der Waals surface area (Å²) in [6.45, 7) is 12.0. The van der Waals surface area contributed by atoms with Gasteiger partial charge >= 0.3 is 11.7 Å². The Hall–Kier alpha value is -1.97. The minimum absolute atomic E-state index is 0.221. The third-order valence-corrected chi connectivity index (χ3v) is 4.67. The summed E-state index contributed by atoms with van der Waals surface area (Å²) >= 11 is 1.02. The molecule has 0 aromatic carbocycles. The molecule has 0 saturated heterocycles. The molecule has 0 bridgehead atoms. The van der Waals surface area contributed by atoms with Crippen molar-refractivity contribution in [2.45, 2.75) is 59.8 Å². The lowest BCUT2D eigenvalue weighted by atomic mass is 10.2. The Morgan fingerprint density at radius 2 is 1.77 bits per heavy atom. The molecule has 0 aliphatic heterocycles. The van der Waals surface area contributed by atoms with E-state index in [2.05, 4.69) is 4.98 Å². The Bertz CT molecular complexity index is 945. The van der Waals surface area contributed by atoms with E-state index in [0.29, 0.717) is 10.4 Å². The van der Waals surface area contributed by atoms with E-state index in [0.717, 1.165) is 15.9 Å². The van der Waals surface area contributed by atoms with Crippen LogP contribution in [-0.2, 0) is 20.2 Å². The molecule has 2 heterocycles. The van der Waals surface area contributed by atoms with Gasteiger partial charge in [-0.2, -0.15) is 0 Å². The number of nitrogens with one attached hydrogen (secondary N) is 1. The molecule has 0 amide bonds. The number of thiophene rings is 1. The fraction of sp³-hybridized carbons (Fsp3) is 0.588. The van der Waals surface area contributed by atoms with Gasteiger partial charge in [0.15, 0.2) is 5.72 Å². The van der Waals surface area contributed by atoms with Crippen molar-refractivity contribution in [2.75, 3.05) is 6.61 Å². The van der Waals surface area contributed by atoms with Crippen molar-refractivity contribution in [3.63, 3.8) is 0 Å². The van der Waals surface area contributed by atoms with E-state index in [4.69, 9.17) is 14.5 Å². The van der Waals surface area contributed by atoms with Crippen molar-refractivity contribution in [1.82, 2.24) is 9.55 Å². The summed E-state index contributed by atoms with van der Waals surface area (Å²) < 4.78 is 5.95. The van der Waals surface area contributed by atoms with Crippen LogP contribution in [0.2, 0.25) is 0 Å². The SMILES string of the molecule is CCOC(=O)c1sc2[nH]c(=O)n(C(C)(C)OOC(C)(C)C)c(=O)c2c1C. The van der Waals surface area contributed by atoms with Crippen LogP contribution in [0.1, 0.15) is 56.8 Å². The van der Waals surface area contributed by atoms with Crippen LogP contribution < -0.4 is 11.2 Å². The summed E-state index contributed by atoms with van der Waals surface area (Å²) in [5.74, 6) is -0.524. The van der Waals surface area contributed by atoms with Crippen molar-refractivity contribution < 1.29 is 19.3 Å². The molecule has 0 radical (unpaired) electrons. The van der Waals surface area contributed by atoms with E-state index in [1.165, 1.54) is 0 Å². The van der Waals surface area contributed by atoms with Crippen LogP contribution in [0.25, 0.3) is 10.2 Å². The Kier molecular flexibility index (Phi) is 5.46. The zero-order valence-electron chi connectivity index (χ0n) is 16.0. The maximum absolute atomic E-state index is 13.0. The molecule has 144 valence electrons. The van der Waals surface area contributed by atoms with Gasteiger partial charge in [0.2, 0.25) is 0 Å². The topological polar surface area (TPSA) is 99.6 Å². The lowest BCUT2D eigenvalue weighted by Gasteiger charge is -2.29. The average molecular weight is 384 g/mol. The normalized spacial score (nSPS) is 12.6. The van der Waals surface area contributed by atoms with Crippen LogP contribution in [0.3, 0.4) is 0 Å². The summed E-state index contributed by atoms with van der Waals surface area (Å²) in [6.07, 6.45) is 0. The number of ether oxygens (including phenoxy) is 1. The minimum atomic E-state index is -1.36. The molecule has 2 aromatic rings. The highest BCUT2D eigenvalue weighted by Crippen LogP contribution is 2.28. The van der Waals surface area contributed by atoms with Gasteiger partial charge in [0, 0.05) is 0 Å². The van der Waals surface area contributed by atoms with Gasteiger partial charge in [-0.25, -0.2) is 23.9 Å². The third kappa shape index (κ3) is 3.89. The predicted molar refractivity (Wildman–Crippen MR) is 98.6 cm³/mol. The number of nitrogens with zero attached hydrogens (tertiary/aromatic N) is 1. The van der Waals surface area contributed by atoms with Crippen LogP contribution in [0, 0.1) is 6.92 Å². The molecule has 8 nitrogen and oxygen atoms in total. The summed E-state index contributed by atoms with van der Waals surface area (Å²) in [5.41, 5.74) is -2.72. The lowest BCUT2D eigenvalue weighted by Crippen LogP contribution is -2.48. The number of esters is 1. The Morgan fingerprint density at radius 1 is 1.15 bits per heavy atom. The highest BCUT2D eigenvalue weighted by Gasteiger charge is 2.31. The van der Waals surface area contributed by atoms with E-state index in [9.17, 15) is 14.4 Å². The highest BCUT2D eigenvalue weighted by molar-refractivity contribution is 7.20. The lowest BCUT2D eigenvalue weighted by molar-refractivity contribution is -0.419. The molecule has 0 atom stereocenters. The first kappa shape index (κ1) is 20.3. The molecule has 1 N–H and O–H groups in total. The van der Waals surface area contributed by atoms with E-state index in [1.807, 2.05) is 0 Å². The van der Waals surface area contributed by atoms with Crippen molar-refractivity contribution in [3.05, 3.63) is 31.3 Å². The number of fused-ring (bicyclic) bond motifs is 1. The fourth-order valence-electron chi connectivity index (χ4n) is 2.36. The number of aryl methyl sites for hydroxylation is 1. The number of aromatic amines is 1. The van der Waals surface area contributed by atoms with Gasteiger partial charge in [0.1, 0.15) is 9.71 Å². The second-order valence-corrected chi connectivity index (χ2v) is 8.30. The molecule has 0 spiro atoms. The van der Waals surface area contributed by atoms with Gasteiger partial charge < -0.3 is 4.74 Å². The second-order valence-electron chi connectivity index (χ2n) is 7.28. The second kappa shape index (κ2) is 6.98. The van der Waals surface area contributed by atoms with Crippen LogP contribution in [0.5, 0.6) is 0 Å². The number of aromatic nitrogens is 2. The van der Waals surface area contributed by atoms with Gasteiger partial charge in [-0.05, 0) is 54.0 Å². The summed E-state index contributed by atoms with van der Waals surface area (Å²) in [5, 5.41) is 0.255. The van der Waals surface area contributed by atoms with E-state index in [1.54, 1.807) is 48.5 Å². The van der Waals surface area contributed by atoms with Gasteiger partial charge in [0.05, 0.1) is 17.6 Å². The Labute approximate surface area is 154 Å². The van der Waals surface area contributed by atoms with Gasteiger partial charge in [0.25, 0.3) is 5.56 Å². The molecule has 0 aliphatic carbocycles. The standard InChI is InChI=1S/C17H24N2O6S/c1-8-23-14(21)11-9(2)10-12(26-11)18-15(22)19(13(10)20)17(6,7)25-24-16(3,4)5/h8H2,1-7H3,(H,18,22). The maximum atomic E-state index is 13.0. The monoisotopic (exact) mass is 384 g/mol. The van der Waals surface area contributed by atoms with Crippen LogP contribution in [0.4, 0.5) is 0 Å². The number of rotatable bonds is 5. The molecule has 2 rings (SSSR count). The first-order valence-electron chi connectivity index (χ1n) is 8.22. The first-order chi connectivity index (χ1) is 11.9. The zero-order valence-corrected chi connectivity index (χ0v) is 16.8. The van der Waals surface area contributed by atoms with Crippen molar-refractivity contribution >= 4 is 27.5 Å². The molecule has 0 saturated carbocycles. The Morgan fingerprint density at radius 3 is 2.31 bits per heavy atom. The number of carbonyl (C=O) groups is 1. The maximum Gasteiger partial charge on any atom is 0.348 e. The average Bonchev–Trinajstić information content (AvgIpc) is 2.81. The van der Waals surface area contributed by atoms with Gasteiger partial charge in [-0.1, -0.05) is 0 Å². The molecule has 0 aliphatic rings. The molecule has 0 fully saturated rings. The summed E-state index contributed by atoms with van der Waals surface area (Å²) in [7, 11) is 0. The van der Waals surface area contributed by atoms with Crippen molar-refractivity contribution in [2.24, 2.45) is 0 Å². The first-order valence-corrected chi connectivity index (χ1v) is 9.03. The zero-order chi connectivity index (χ0) is 19.9. The van der Waals surface area contributed by atoms with Gasteiger partial charge in [-0.3, -0.25) is 9.78 Å². The van der Waals surface area contributed by atoms with Crippen LogP contribution in [0.15, 0.2) is 9.59 Å². The highest BCUT2D eigenvalue weighted by atomic mass is 32.1. The molecule has 26 heavy (non-hydrogen) atoms. The smallest absolute Gasteiger partial charge is 0.348 e. The molecule has 0 unspecified atom stereocenters. The summed E-state index contributed by atoms with van der Waals surface area (Å²) in [6, 6.07) is 0. The quantitative estimate of drug-likeness (QED) is 0.483. The fourth-order valence-corrected chi connectivity index (χ4v) is 3.44. The van der Waals surface area contributed by atoms with Crippen LogP contribution in [-0.4, -0.2) is 27.7 Å². The number of H-pyrrole nitrogens is 1. The van der Waals surface area contributed by atoms with E-state index < -0.39 is 28.5 Å². The van der Waals surface area contributed by atoms with E-state index >= 15 is 0 Å². The van der Waals surface area contributed by atoms with Crippen LogP contribution >= 0.6 is 11.3 Å². The largest absolute Gasteiger partial charge is 0.462 e. The van der Waals surface area contributed by atoms with E-state index in [-0.39, 0.29) is 16.9 Å². The summed E-state index contributed by atoms with van der Waals surface area (Å²) in [4.78, 5) is 51.5. The Balaban J connectivity index is 2.63. The number of carbonyl (C=O) groups excluding carboxylic acids is 1. The predicted octanol–water partition coefficient (Wildman–Crippen LogP) is 2.68. The minimum Gasteiger partial charge on any atom is -0.462 e. The van der Waals surface area contributed by atoms with Crippen molar-refractivity contribution in [3.8, 4) is 0 Å². The van der Waals surface area contributed by atoms with Gasteiger partial charge in [-0.15, -0.1) is 11.3 Å². The molecular weight excluding hydrogens is 360 g/mol. The molecule has 9 heteroatoms.